The molecule has 0 aliphatic carbocycles. The Morgan fingerprint density at radius 3 is 2.38 bits per heavy atom. The van der Waals surface area contributed by atoms with Gasteiger partial charge in [-0.05, 0) is 69.2 Å². The molecule has 29 heavy (non-hydrogen) atoms. The van der Waals surface area contributed by atoms with E-state index in [2.05, 4.69) is 5.32 Å². The Labute approximate surface area is 171 Å². The van der Waals surface area contributed by atoms with E-state index in [9.17, 15) is 14.4 Å². The van der Waals surface area contributed by atoms with E-state index in [4.69, 9.17) is 0 Å². The minimum atomic E-state index is -0.256. The fourth-order valence-corrected chi connectivity index (χ4v) is 3.50. The number of amides is 3. The molecule has 1 aliphatic heterocycles. The van der Waals surface area contributed by atoms with Crippen LogP contribution in [0.15, 0.2) is 48.5 Å². The second kappa shape index (κ2) is 9.37. The minimum absolute atomic E-state index is 0.0540. The van der Waals surface area contributed by atoms with Gasteiger partial charge in [0.2, 0.25) is 5.91 Å². The number of hydrogen-bond donors (Lipinski definition) is 1. The van der Waals surface area contributed by atoms with Crippen LogP contribution in [0.4, 0.5) is 11.4 Å². The van der Waals surface area contributed by atoms with Crippen molar-refractivity contribution in [3.05, 3.63) is 59.7 Å². The molecule has 0 atom stereocenters. The van der Waals surface area contributed by atoms with Crippen LogP contribution in [-0.2, 0) is 4.79 Å². The molecule has 0 unspecified atom stereocenters. The monoisotopic (exact) mass is 393 g/mol. The average molecular weight is 393 g/mol. The van der Waals surface area contributed by atoms with Gasteiger partial charge in [0.05, 0.1) is 0 Å². The number of carbonyl (C=O) groups excluding carboxylic acids is 3. The molecule has 3 amide bonds. The van der Waals surface area contributed by atoms with Gasteiger partial charge in [0.25, 0.3) is 11.8 Å². The zero-order valence-electron chi connectivity index (χ0n) is 17.0. The van der Waals surface area contributed by atoms with Crippen LogP contribution in [0.1, 0.15) is 53.8 Å². The second-order valence-electron chi connectivity index (χ2n) is 7.06. The zero-order valence-corrected chi connectivity index (χ0v) is 17.0. The number of anilines is 2. The van der Waals surface area contributed by atoms with E-state index in [1.165, 1.54) is 0 Å². The van der Waals surface area contributed by atoms with Crippen molar-refractivity contribution in [3.8, 4) is 0 Å². The van der Waals surface area contributed by atoms with Crippen LogP contribution in [0.2, 0.25) is 0 Å². The van der Waals surface area contributed by atoms with Crippen LogP contribution in [0.5, 0.6) is 0 Å². The summed E-state index contributed by atoms with van der Waals surface area (Å²) in [5.74, 6) is -0.182. The van der Waals surface area contributed by atoms with E-state index in [0.717, 1.165) is 25.1 Å². The predicted molar refractivity (Wildman–Crippen MR) is 114 cm³/mol. The summed E-state index contributed by atoms with van der Waals surface area (Å²) in [6.45, 7) is 5.87. The maximum atomic E-state index is 12.6. The quantitative estimate of drug-likeness (QED) is 0.808. The van der Waals surface area contributed by atoms with Gasteiger partial charge in [-0.1, -0.05) is 6.07 Å². The summed E-state index contributed by atoms with van der Waals surface area (Å²) >= 11 is 0. The number of hydrogen-bond acceptors (Lipinski definition) is 3. The standard InChI is InChI=1S/C23H27N3O3/c1-3-25(4-2)23(29)18-8-7-9-19(16-18)24-22(28)17-11-13-20(14-12-17)26-15-6-5-10-21(26)27/h7-9,11-14,16H,3-6,10,15H2,1-2H3,(H,24,28). The molecule has 2 aromatic carbocycles. The molecule has 0 aromatic heterocycles. The van der Waals surface area contributed by atoms with E-state index in [1.54, 1.807) is 58.3 Å². The van der Waals surface area contributed by atoms with Gasteiger partial charge in [0.15, 0.2) is 0 Å². The lowest BCUT2D eigenvalue weighted by molar-refractivity contribution is -0.119. The van der Waals surface area contributed by atoms with Gasteiger partial charge in [0.1, 0.15) is 0 Å². The topological polar surface area (TPSA) is 69.7 Å². The molecule has 0 radical (unpaired) electrons. The SMILES string of the molecule is CCN(CC)C(=O)c1cccc(NC(=O)c2ccc(N3CCCCC3=O)cc2)c1. The molecule has 152 valence electrons. The molecule has 1 saturated heterocycles. The van der Waals surface area contributed by atoms with Crippen molar-refractivity contribution < 1.29 is 14.4 Å². The van der Waals surface area contributed by atoms with Gasteiger partial charge in [-0.25, -0.2) is 0 Å². The largest absolute Gasteiger partial charge is 0.339 e. The minimum Gasteiger partial charge on any atom is -0.339 e. The van der Waals surface area contributed by atoms with Crippen molar-refractivity contribution in [3.63, 3.8) is 0 Å². The van der Waals surface area contributed by atoms with Crippen molar-refractivity contribution in [2.24, 2.45) is 0 Å². The molecule has 2 aromatic rings. The highest BCUT2D eigenvalue weighted by atomic mass is 16.2. The third-order valence-electron chi connectivity index (χ3n) is 5.18. The van der Waals surface area contributed by atoms with Crippen molar-refractivity contribution >= 4 is 29.1 Å². The molecule has 3 rings (SSSR count). The zero-order chi connectivity index (χ0) is 20.8. The van der Waals surface area contributed by atoms with E-state index in [-0.39, 0.29) is 17.7 Å². The van der Waals surface area contributed by atoms with Crippen molar-refractivity contribution in [2.45, 2.75) is 33.1 Å². The summed E-state index contributed by atoms with van der Waals surface area (Å²) in [4.78, 5) is 40.7. The van der Waals surface area contributed by atoms with E-state index in [0.29, 0.717) is 36.3 Å². The van der Waals surface area contributed by atoms with Crippen LogP contribution in [0.25, 0.3) is 0 Å². The van der Waals surface area contributed by atoms with Gasteiger partial charge < -0.3 is 15.1 Å². The molecule has 6 nitrogen and oxygen atoms in total. The maximum Gasteiger partial charge on any atom is 0.255 e. The highest BCUT2D eigenvalue weighted by Crippen LogP contribution is 2.22. The van der Waals surface area contributed by atoms with Crippen LogP contribution >= 0.6 is 0 Å². The van der Waals surface area contributed by atoms with Crippen LogP contribution < -0.4 is 10.2 Å². The third kappa shape index (κ3) is 4.83. The molecular formula is C23H27N3O3. The summed E-state index contributed by atoms with van der Waals surface area (Å²) in [6, 6.07) is 14.0. The van der Waals surface area contributed by atoms with Gasteiger partial charge in [-0.3, -0.25) is 14.4 Å². The summed E-state index contributed by atoms with van der Waals surface area (Å²) in [6.07, 6.45) is 2.51. The molecule has 0 saturated carbocycles. The van der Waals surface area contributed by atoms with Gasteiger partial charge in [0, 0.05) is 48.6 Å². The molecule has 6 heteroatoms. The average Bonchev–Trinajstić information content (AvgIpc) is 2.75. The van der Waals surface area contributed by atoms with E-state index in [1.807, 2.05) is 13.8 Å². The highest BCUT2D eigenvalue weighted by Gasteiger charge is 2.20. The van der Waals surface area contributed by atoms with Crippen molar-refractivity contribution in [2.75, 3.05) is 29.9 Å². The van der Waals surface area contributed by atoms with Crippen molar-refractivity contribution in [1.29, 1.82) is 0 Å². The highest BCUT2D eigenvalue weighted by molar-refractivity contribution is 6.05. The smallest absolute Gasteiger partial charge is 0.255 e. The van der Waals surface area contributed by atoms with Crippen LogP contribution in [0, 0.1) is 0 Å². The molecule has 1 N–H and O–H groups in total. The maximum absolute atomic E-state index is 12.6. The Morgan fingerprint density at radius 2 is 1.72 bits per heavy atom. The fourth-order valence-electron chi connectivity index (χ4n) is 3.50. The van der Waals surface area contributed by atoms with Crippen LogP contribution in [-0.4, -0.2) is 42.3 Å². The normalized spacial score (nSPS) is 13.9. The van der Waals surface area contributed by atoms with Crippen LogP contribution in [0.3, 0.4) is 0 Å². The fraction of sp³-hybridized carbons (Fsp3) is 0.348. The Bertz CT molecular complexity index is 888. The summed E-state index contributed by atoms with van der Waals surface area (Å²) < 4.78 is 0. The lowest BCUT2D eigenvalue weighted by Crippen LogP contribution is -2.35. The van der Waals surface area contributed by atoms with Crippen molar-refractivity contribution in [1.82, 2.24) is 4.90 Å². The molecular weight excluding hydrogens is 366 g/mol. The van der Waals surface area contributed by atoms with Gasteiger partial charge >= 0.3 is 0 Å². The Balaban J connectivity index is 1.69. The number of nitrogens with one attached hydrogen (secondary N) is 1. The lowest BCUT2D eigenvalue weighted by atomic mass is 10.1. The van der Waals surface area contributed by atoms with Gasteiger partial charge in [-0.2, -0.15) is 0 Å². The number of benzene rings is 2. The molecule has 0 bridgehead atoms. The molecule has 1 fully saturated rings. The first-order chi connectivity index (χ1) is 14.0. The second-order valence-corrected chi connectivity index (χ2v) is 7.06. The Hall–Kier alpha value is -3.15. The first-order valence-electron chi connectivity index (χ1n) is 10.1. The first-order valence-corrected chi connectivity index (χ1v) is 10.1. The first kappa shape index (κ1) is 20.6. The molecule has 1 heterocycles. The Kier molecular flexibility index (Phi) is 6.65. The predicted octanol–water partition coefficient (Wildman–Crippen LogP) is 3.94. The van der Waals surface area contributed by atoms with E-state index >= 15 is 0 Å². The van der Waals surface area contributed by atoms with E-state index < -0.39 is 0 Å². The summed E-state index contributed by atoms with van der Waals surface area (Å²) in [5.41, 5.74) is 2.44. The number of nitrogens with zero attached hydrogens (tertiary/aromatic N) is 2. The molecule has 1 aliphatic rings. The third-order valence-corrected chi connectivity index (χ3v) is 5.18. The number of piperidine rings is 1. The number of carbonyl (C=O) groups is 3. The summed E-state index contributed by atoms with van der Waals surface area (Å²) in [7, 11) is 0. The lowest BCUT2D eigenvalue weighted by Gasteiger charge is -2.26. The number of rotatable bonds is 6. The van der Waals surface area contributed by atoms with Gasteiger partial charge in [-0.15, -0.1) is 0 Å². The summed E-state index contributed by atoms with van der Waals surface area (Å²) in [5, 5.41) is 2.85. The Morgan fingerprint density at radius 1 is 1.00 bits per heavy atom. The molecule has 0 spiro atoms.